The van der Waals surface area contributed by atoms with E-state index in [2.05, 4.69) is 20.6 Å². The summed E-state index contributed by atoms with van der Waals surface area (Å²) in [7, 11) is 0. The van der Waals surface area contributed by atoms with Crippen LogP contribution in [0.1, 0.15) is 10.5 Å². The van der Waals surface area contributed by atoms with Gasteiger partial charge in [0.1, 0.15) is 16.4 Å². The van der Waals surface area contributed by atoms with Gasteiger partial charge in [0.15, 0.2) is 5.76 Å². The molecule has 0 atom stereocenters. The number of furan rings is 1. The molecule has 0 aliphatic carbocycles. The Morgan fingerprint density at radius 1 is 0.933 bits per heavy atom. The average molecular weight is 413 g/mol. The number of aromatic nitrogens is 4. The largest absolute Gasteiger partial charge is 0.463 e. The second kappa shape index (κ2) is 7.76. The Morgan fingerprint density at radius 3 is 2.43 bits per heavy atom. The second-order valence-corrected chi connectivity index (χ2v) is 7.35. The van der Waals surface area contributed by atoms with Gasteiger partial charge in [0.25, 0.3) is 5.91 Å². The molecule has 30 heavy (non-hydrogen) atoms. The molecule has 146 valence electrons. The van der Waals surface area contributed by atoms with E-state index in [-0.39, 0.29) is 5.91 Å². The smallest absolute Gasteiger partial charge is 0.276 e. The fourth-order valence-corrected chi connectivity index (χ4v) is 3.73. The van der Waals surface area contributed by atoms with Crippen molar-refractivity contribution >= 4 is 22.4 Å². The second-order valence-electron chi connectivity index (χ2n) is 6.37. The number of nitrogens with one attached hydrogen (secondary N) is 1. The van der Waals surface area contributed by atoms with Gasteiger partial charge in [-0.1, -0.05) is 59.9 Å². The fraction of sp³-hybridized carbons (Fsp3) is 0. The SMILES string of the molecule is O=C(Nc1nnc(-c2ccccc2)s1)c1cc(-c2ccco2)nn1-c1ccccc1. The number of benzene rings is 2. The number of carbonyl (C=O) groups excluding carboxylic acids is 1. The first kappa shape index (κ1) is 18.0. The molecular weight excluding hydrogens is 398 g/mol. The Labute approximate surface area is 175 Å². The number of hydrogen-bond acceptors (Lipinski definition) is 6. The van der Waals surface area contributed by atoms with Gasteiger partial charge >= 0.3 is 0 Å². The summed E-state index contributed by atoms with van der Waals surface area (Å²) in [5.41, 5.74) is 2.65. The van der Waals surface area contributed by atoms with Gasteiger partial charge < -0.3 is 4.42 Å². The van der Waals surface area contributed by atoms with Gasteiger partial charge in [-0.3, -0.25) is 10.1 Å². The lowest BCUT2D eigenvalue weighted by molar-refractivity contribution is 0.101. The first-order valence-corrected chi connectivity index (χ1v) is 9.99. The Morgan fingerprint density at radius 2 is 1.70 bits per heavy atom. The Balaban J connectivity index is 1.47. The molecule has 0 radical (unpaired) electrons. The van der Waals surface area contributed by atoms with Crippen LogP contribution in [-0.2, 0) is 0 Å². The summed E-state index contributed by atoms with van der Waals surface area (Å²) in [5, 5.41) is 16.8. The highest BCUT2D eigenvalue weighted by Crippen LogP contribution is 2.27. The summed E-state index contributed by atoms with van der Waals surface area (Å²) in [4.78, 5) is 13.1. The van der Waals surface area contributed by atoms with Crippen LogP contribution in [0.3, 0.4) is 0 Å². The quantitative estimate of drug-likeness (QED) is 0.443. The summed E-state index contributed by atoms with van der Waals surface area (Å²) in [6, 6.07) is 24.4. The molecule has 0 unspecified atom stereocenters. The van der Waals surface area contributed by atoms with E-state index < -0.39 is 0 Å². The molecule has 0 fully saturated rings. The molecule has 1 amide bonds. The van der Waals surface area contributed by atoms with E-state index in [0.717, 1.165) is 16.3 Å². The van der Waals surface area contributed by atoms with E-state index in [4.69, 9.17) is 4.42 Å². The highest BCUT2D eigenvalue weighted by atomic mass is 32.1. The van der Waals surface area contributed by atoms with Crippen LogP contribution in [0.5, 0.6) is 0 Å². The minimum Gasteiger partial charge on any atom is -0.463 e. The van der Waals surface area contributed by atoms with Crippen LogP contribution in [0, 0.1) is 0 Å². The number of anilines is 1. The number of amides is 1. The topological polar surface area (TPSA) is 85.8 Å². The van der Waals surface area contributed by atoms with Crippen LogP contribution in [0.15, 0.2) is 89.5 Å². The molecule has 2 aromatic carbocycles. The van der Waals surface area contributed by atoms with Gasteiger partial charge in [0.05, 0.1) is 12.0 Å². The van der Waals surface area contributed by atoms with E-state index in [1.54, 1.807) is 29.1 Å². The lowest BCUT2D eigenvalue weighted by Crippen LogP contribution is -2.16. The molecule has 0 spiro atoms. The monoisotopic (exact) mass is 413 g/mol. The highest BCUT2D eigenvalue weighted by molar-refractivity contribution is 7.18. The predicted octanol–water partition coefficient (Wildman–Crippen LogP) is 4.90. The zero-order chi connectivity index (χ0) is 20.3. The number of hydrogen-bond donors (Lipinski definition) is 1. The molecule has 0 aliphatic heterocycles. The van der Waals surface area contributed by atoms with E-state index in [0.29, 0.717) is 22.3 Å². The summed E-state index contributed by atoms with van der Waals surface area (Å²) < 4.78 is 7.04. The molecule has 5 aromatic rings. The van der Waals surface area contributed by atoms with Gasteiger partial charge in [0, 0.05) is 11.6 Å². The van der Waals surface area contributed by atoms with Crippen molar-refractivity contribution in [3.05, 3.63) is 90.8 Å². The summed E-state index contributed by atoms with van der Waals surface area (Å²) >= 11 is 1.31. The van der Waals surface area contributed by atoms with Gasteiger partial charge in [-0.2, -0.15) is 5.10 Å². The van der Waals surface area contributed by atoms with Crippen LogP contribution in [0.4, 0.5) is 5.13 Å². The first-order chi connectivity index (χ1) is 14.8. The minimum absolute atomic E-state index is 0.333. The van der Waals surface area contributed by atoms with Gasteiger partial charge in [-0.05, 0) is 24.3 Å². The summed E-state index contributed by atoms with van der Waals surface area (Å²) in [6.07, 6.45) is 1.57. The summed E-state index contributed by atoms with van der Waals surface area (Å²) in [5.74, 6) is 0.251. The maximum atomic E-state index is 13.1. The molecule has 0 saturated carbocycles. The van der Waals surface area contributed by atoms with Crippen molar-refractivity contribution in [3.63, 3.8) is 0 Å². The van der Waals surface area contributed by atoms with Crippen LogP contribution in [0.2, 0.25) is 0 Å². The molecule has 1 N–H and O–H groups in total. The molecule has 8 heteroatoms. The van der Waals surface area contributed by atoms with Crippen LogP contribution < -0.4 is 5.32 Å². The molecule has 0 saturated heterocycles. The van der Waals surface area contributed by atoms with E-state index >= 15 is 0 Å². The predicted molar refractivity (Wildman–Crippen MR) is 115 cm³/mol. The zero-order valence-corrected chi connectivity index (χ0v) is 16.4. The van der Waals surface area contributed by atoms with Gasteiger partial charge in [-0.15, -0.1) is 10.2 Å². The molecule has 3 aromatic heterocycles. The number of nitrogens with zero attached hydrogens (tertiary/aromatic N) is 4. The van der Waals surface area contributed by atoms with E-state index in [1.165, 1.54) is 11.3 Å². The Kier molecular flexibility index (Phi) is 4.66. The van der Waals surface area contributed by atoms with E-state index in [9.17, 15) is 4.79 Å². The number of para-hydroxylation sites is 1. The van der Waals surface area contributed by atoms with Crippen LogP contribution >= 0.6 is 11.3 Å². The molecule has 0 bridgehead atoms. The van der Waals surface area contributed by atoms with E-state index in [1.807, 2.05) is 60.7 Å². The Hall–Kier alpha value is -4.04. The zero-order valence-electron chi connectivity index (χ0n) is 15.6. The lowest BCUT2D eigenvalue weighted by Gasteiger charge is -2.06. The highest BCUT2D eigenvalue weighted by Gasteiger charge is 2.20. The number of carbonyl (C=O) groups is 1. The van der Waals surface area contributed by atoms with Crippen LogP contribution in [0.25, 0.3) is 27.7 Å². The molecule has 5 rings (SSSR count). The molecule has 7 nitrogen and oxygen atoms in total. The maximum Gasteiger partial charge on any atom is 0.276 e. The standard InChI is InChI=1S/C22H15N5O2S/c28-20(23-22-25-24-21(30-22)15-8-3-1-4-9-15)18-14-17(19-12-7-13-29-19)26-27(18)16-10-5-2-6-11-16/h1-14H,(H,23,25,28). The lowest BCUT2D eigenvalue weighted by atomic mass is 10.2. The molecular formula is C22H15N5O2S. The van der Waals surface area contributed by atoms with Crippen molar-refractivity contribution in [1.29, 1.82) is 0 Å². The average Bonchev–Trinajstić information content (AvgIpc) is 3.55. The van der Waals surface area contributed by atoms with Crippen molar-refractivity contribution in [2.45, 2.75) is 0 Å². The van der Waals surface area contributed by atoms with Crippen molar-refractivity contribution in [2.24, 2.45) is 0 Å². The normalized spacial score (nSPS) is 10.8. The third kappa shape index (κ3) is 3.51. The third-order valence-corrected chi connectivity index (χ3v) is 5.27. The van der Waals surface area contributed by atoms with Crippen molar-refractivity contribution in [3.8, 4) is 27.7 Å². The summed E-state index contributed by atoms with van der Waals surface area (Å²) in [6.45, 7) is 0. The number of rotatable bonds is 5. The fourth-order valence-electron chi connectivity index (χ4n) is 2.99. The molecule has 0 aliphatic rings. The Bertz CT molecular complexity index is 1280. The van der Waals surface area contributed by atoms with Gasteiger partial charge in [0.2, 0.25) is 5.13 Å². The van der Waals surface area contributed by atoms with Crippen molar-refractivity contribution < 1.29 is 9.21 Å². The third-order valence-electron chi connectivity index (χ3n) is 4.38. The van der Waals surface area contributed by atoms with Crippen LogP contribution in [-0.4, -0.2) is 25.9 Å². The molecule has 3 heterocycles. The van der Waals surface area contributed by atoms with Crippen molar-refractivity contribution in [1.82, 2.24) is 20.0 Å². The van der Waals surface area contributed by atoms with Crippen molar-refractivity contribution in [2.75, 3.05) is 5.32 Å². The first-order valence-electron chi connectivity index (χ1n) is 9.17. The minimum atomic E-state index is -0.333. The maximum absolute atomic E-state index is 13.1. The van der Waals surface area contributed by atoms with Gasteiger partial charge in [-0.25, -0.2) is 4.68 Å².